The van der Waals surface area contributed by atoms with Crippen LogP contribution in [0.2, 0.25) is 0 Å². The van der Waals surface area contributed by atoms with Gasteiger partial charge in [-0.3, -0.25) is 19.2 Å². The molecule has 0 bridgehead atoms. The van der Waals surface area contributed by atoms with E-state index in [0.29, 0.717) is 62.9 Å². The monoisotopic (exact) mass is 819 g/mol. The molecular weight excluding hydrogens is 770 g/mol. The van der Waals surface area contributed by atoms with Gasteiger partial charge in [0.2, 0.25) is 11.8 Å². The molecule has 5 heterocycles. The number of carbonyl (C=O) groups excluding carboxylic acids is 4. The molecule has 11 nitrogen and oxygen atoms in total. The van der Waals surface area contributed by atoms with Crippen molar-refractivity contribution in [2.24, 2.45) is 11.8 Å². The van der Waals surface area contributed by atoms with Gasteiger partial charge in [-0.1, -0.05) is 31.9 Å². The Labute approximate surface area is 336 Å². The smallest absolute Gasteiger partial charge is 0.243 e. The molecule has 1 saturated heterocycles. The third-order valence-electron chi connectivity index (χ3n) is 13.1. The predicted octanol–water partition coefficient (Wildman–Crippen LogP) is 6.49. The van der Waals surface area contributed by atoms with Crippen LogP contribution in [0, 0.1) is 17.7 Å². The molecule has 2 aromatic heterocycles. The maximum Gasteiger partial charge on any atom is 0.243 e. The van der Waals surface area contributed by atoms with E-state index in [2.05, 4.69) is 5.32 Å². The third kappa shape index (κ3) is 7.29. The van der Waals surface area contributed by atoms with Crippen LogP contribution in [0.1, 0.15) is 105 Å². The zero-order valence-corrected chi connectivity index (χ0v) is 34.4. The molecule has 5 aliphatic rings. The molecule has 0 radical (unpaired) electrons. The zero-order valence-electron chi connectivity index (χ0n) is 32.7. The van der Waals surface area contributed by atoms with Crippen LogP contribution in [0.4, 0.5) is 4.39 Å². The minimum atomic E-state index is -3.76. The number of ketones is 2. The van der Waals surface area contributed by atoms with E-state index in [-0.39, 0.29) is 36.6 Å². The number of aromatic nitrogens is 1. The predicted molar refractivity (Wildman–Crippen MR) is 214 cm³/mol. The van der Waals surface area contributed by atoms with Crippen molar-refractivity contribution >= 4 is 55.5 Å². The first-order valence-corrected chi connectivity index (χ1v) is 22.7. The van der Waals surface area contributed by atoms with Crippen LogP contribution in [0.5, 0.6) is 11.5 Å². The quantitative estimate of drug-likeness (QED) is 0.189. The van der Waals surface area contributed by atoms with Gasteiger partial charge >= 0.3 is 0 Å². The maximum absolute atomic E-state index is 14.9. The fourth-order valence-corrected chi connectivity index (χ4v) is 11.5. The van der Waals surface area contributed by atoms with Crippen molar-refractivity contribution in [3.8, 4) is 11.5 Å². The largest absolute Gasteiger partial charge is 0.497 e. The van der Waals surface area contributed by atoms with Crippen LogP contribution in [-0.4, -0.2) is 83.0 Å². The molecule has 1 N–H and O–H groups in total. The van der Waals surface area contributed by atoms with Gasteiger partial charge in [-0.15, -0.1) is 11.3 Å². The number of fused-ring (bicyclic) bond motifs is 5. The van der Waals surface area contributed by atoms with Crippen LogP contribution >= 0.6 is 11.3 Å². The van der Waals surface area contributed by atoms with Crippen LogP contribution in [0.25, 0.3) is 10.9 Å². The molecule has 3 fully saturated rings. The highest BCUT2D eigenvalue weighted by Gasteiger charge is 2.63. The molecule has 1 spiro atoms. The van der Waals surface area contributed by atoms with E-state index in [1.165, 1.54) is 16.3 Å². The highest BCUT2D eigenvalue weighted by Crippen LogP contribution is 2.50. The Bertz CT molecular complexity index is 2290. The minimum absolute atomic E-state index is 0.0260. The van der Waals surface area contributed by atoms with Crippen LogP contribution < -0.4 is 14.8 Å². The fraction of sp³-hybridized carbons (Fsp3) is 0.558. The number of Topliss-reactive ketones (excluding diaryl/α,β-unsaturated/α-hetero) is 2. The summed E-state index contributed by atoms with van der Waals surface area (Å²) in [6.07, 6.45) is 10.0. The van der Waals surface area contributed by atoms with Gasteiger partial charge in [-0.05, 0) is 94.4 Å². The summed E-state index contributed by atoms with van der Waals surface area (Å²) >= 11 is 1.00. The minimum Gasteiger partial charge on any atom is -0.497 e. The Morgan fingerprint density at radius 1 is 1.12 bits per heavy atom. The van der Waals surface area contributed by atoms with Gasteiger partial charge in [0.15, 0.2) is 21.4 Å². The maximum atomic E-state index is 14.9. The van der Waals surface area contributed by atoms with Crippen LogP contribution in [0.15, 0.2) is 41.8 Å². The number of carbonyl (C=O) groups is 4. The van der Waals surface area contributed by atoms with Gasteiger partial charge in [0, 0.05) is 35.6 Å². The second-order valence-corrected chi connectivity index (χ2v) is 20.4. The number of methoxy groups -OCH3 is 1. The number of pyridine rings is 1. The Kier molecular flexibility index (Phi) is 10.4. The molecule has 5 atom stereocenters. The lowest BCUT2D eigenvalue weighted by Crippen LogP contribution is -2.55. The Morgan fingerprint density at radius 3 is 2.65 bits per heavy atom. The van der Waals surface area contributed by atoms with Crippen LogP contribution in [0.3, 0.4) is 0 Å². The SMILES string of the molecule is CCc1nc2ccc(OC)cc2c2c1O[C@]1(CC2)C[C@H]2C(=O)N[C@]3(C(=O)CS(=O)(=O)C4(C)CC4)C[C@H]3/C=C\CCCCC[C@H](CC(=O)c3sccc3F)C(=O)N2C1. The molecule has 3 aromatic rings. The van der Waals surface area contributed by atoms with E-state index in [0.717, 1.165) is 46.3 Å². The summed E-state index contributed by atoms with van der Waals surface area (Å²) in [7, 11) is -2.15. The normalized spacial score (nSPS) is 28.9. The number of benzene rings is 1. The summed E-state index contributed by atoms with van der Waals surface area (Å²) < 4.78 is 52.9. The number of nitrogens with one attached hydrogen (secondary N) is 1. The van der Waals surface area contributed by atoms with Crippen molar-refractivity contribution in [2.75, 3.05) is 19.4 Å². The van der Waals surface area contributed by atoms with Crippen molar-refractivity contribution in [1.29, 1.82) is 0 Å². The van der Waals surface area contributed by atoms with E-state index in [4.69, 9.17) is 14.5 Å². The highest BCUT2D eigenvalue weighted by atomic mass is 32.2. The number of allylic oxidation sites excluding steroid dienone is 1. The summed E-state index contributed by atoms with van der Waals surface area (Å²) in [6.45, 7) is 3.71. The standard InChI is InChI=1S/C43H50FN3O8S2/c1-4-32-37-29(30-21-28(54-3)12-13-33(30)45-32)14-16-42(55-37)23-34-39(50)46-43(36(49)24-57(52,53)41(2)17-18-41)22-27(43)11-9-7-5-6-8-10-26(40(51)47(34)25-42)20-35(48)38-31(44)15-19-56-38/h9,11-13,15,19,21,26-27,34H,4-8,10,14,16-18,20,22-25H2,1-3H3,(H,46,50)/b11-9-/t26-,27-,34+,42-,43-/m1/s1. The van der Waals surface area contributed by atoms with E-state index in [1.54, 1.807) is 14.0 Å². The number of halogens is 1. The highest BCUT2D eigenvalue weighted by molar-refractivity contribution is 7.93. The number of rotatable bonds is 9. The van der Waals surface area contributed by atoms with Gasteiger partial charge in [-0.2, -0.15) is 0 Å². The molecule has 57 heavy (non-hydrogen) atoms. The number of hydrogen-bond acceptors (Lipinski definition) is 10. The number of thiophene rings is 1. The summed E-state index contributed by atoms with van der Waals surface area (Å²) in [6, 6.07) is 5.89. The average molecular weight is 820 g/mol. The summed E-state index contributed by atoms with van der Waals surface area (Å²) in [5.74, 6) is -3.14. The van der Waals surface area contributed by atoms with E-state index < -0.39 is 72.6 Å². The number of sulfone groups is 1. The lowest BCUT2D eigenvalue weighted by Gasteiger charge is -2.37. The Hall–Kier alpha value is -4.17. The fourth-order valence-electron chi connectivity index (χ4n) is 9.14. The molecule has 14 heteroatoms. The number of aryl methyl sites for hydroxylation is 2. The second-order valence-electron chi connectivity index (χ2n) is 17.0. The van der Waals surface area contributed by atoms with E-state index in [9.17, 15) is 32.0 Å². The average Bonchev–Trinajstić information content (AvgIpc) is 4.01. The topological polar surface area (TPSA) is 149 Å². The first-order valence-electron chi connectivity index (χ1n) is 20.2. The van der Waals surface area contributed by atoms with Gasteiger partial charge in [0.25, 0.3) is 0 Å². The molecule has 3 aliphatic heterocycles. The van der Waals surface area contributed by atoms with Crippen molar-refractivity contribution in [3.05, 3.63) is 63.7 Å². The van der Waals surface area contributed by atoms with Crippen molar-refractivity contribution in [2.45, 2.75) is 119 Å². The second kappa shape index (κ2) is 14.9. The van der Waals surface area contributed by atoms with Crippen molar-refractivity contribution in [3.63, 3.8) is 0 Å². The molecule has 304 valence electrons. The van der Waals surface area contributed by atoms with Crippen molar-refractivity contribution in [1.82, 2.24) is 15.2 Å². The van der Waals surface area contributed by atoms with Gasteiger partial charge < -0.3 is 19.7 Å². The van der Waals surface area contributed by atoms with E-state index in [1.807, 2.05) is 37.3 Å². The summed E-state index contributed by atoms with van der Waals surface area (Å²) in [4.78, 5) is 63.7. The molecule has 0 unspecified atom stereocenters. The number of hydrogen-bond donors (Lipinski definition) is 1. The number of nitrogens with zero attached hydrogens (tertiary/aromatic N) is 2. The molecular formula is C43H50FN3O8S2. The first-order chi connectivity index (χ1) is 27.2. The van der Waals surface area contributed by atoms with Crippen LogP contribution in [-0.2, 0) is 37.1 Å². The molecule has 8 rings (SSSR count). The lowest BCUT2D eigenvalue weighted by atomic mass is 9.87. The molecule has 2 amide bonds. The number of ether oxygens (including phenoxy) is 2. The van der Waals surface area contributed by atoms with Crippen molar-refractivity contribution < 1.29 is 41.5 Å². The third-order valence-corrected chi connectivity index (χ3v) is 16.6. The number of amides is 2. The first kappa shape index (κ1) is 39.6. The molecule has 2 aliphatic carbocycles. The van der Waals surface area contributed by atoms with Gasteiger partial charge in [0.1, 0.15) is 45.1 Å². The van der Waals surface area contributed by atoms with E-state index >= 15 is 0 Å². The molecule has 2 saturated carbocycles. The Morgan fingerprint density at radius 2 is 1.93 bits per heavy atom. The lowest BCUT2D eigenvalue weighted by molar-refractivity contribution is -0.142. The summed E-state index contributed by atoms with van der Waals surface area (Å²) in [5, 5.41) is 5.43. The van der Waals surface area contributed by atoms with Gasteiger partial charge in [0.05, 0.1) is 29.6 Å². The summed E-state index contributed by atoms with van der Waals surface area (Å²) in [5.41, 5.74) is 0.138. The molecule has 1 aromatic carbocycles. The Balaban J connectivity index is 1.16. The zero-order chi connectivity index (χ0) is 40.3. The van der Waals surface area contributed by atoms with Gasteiger partial charge in [-0.25, -0.2) is 17.8 Å².